The average Bonchev–Trinajstić information content (AvgIpc) is 2.91. The third-order valence-corrected chi connectivity index (χ3v) is 6.46. The minimum atomic E-state index is -1.32. The zero-order valence-electron chi connectivity index (χ0n) is 22.7. The van der Waals surface area contributed by atoms with Gasteiger partial charge in [-0.25, -0.2) is 4.79 Å². The van der Waals surface area contributed by atoms with Gasteiger partial charge in [0.05, 0.1) is 6.04 Å². The van der Waals surface area contributed by atoms with Crippen LogP contribution >= 0.6 is 11.8 Å². The summed E-state index contributed by atoms with van der Waals surface area (Å²) in [4.78, 5) is 65.5. The van der Waals surface area contributed by atoms with Crippen molar-refractivity contribution >= 4 is 47.4 Å². The number of nitrogens with one attached hydrogen (secondary N) is 3. The van der Waals surface area contributed by atoms with Gasteiger partial charge in [-0.3, -0.25) is 24.2 Å². The number of hydrogen-bond acceptors (Lipinski definition) is 9. The molecule has 41 heavy (non-hydrogen) atoms. The lowest BCUT2D eigenvalue weighted by molar-refractivity contribution is -0.142. The van der Waals surface area contributed by atoms with E-state index in [0.717, 1.165) is 0 Å². The Kier molecular flexibility index (Phi) is 15.6. The first-order valence-corrected chi connectivity index (χ1v) is 14.2. The Labute approximate surface area is 241 Å². The van der Waals surface area contributed by atoms with E-state index in [2.05, 4.69) is 20.9 Å². The summed E-state index contributed by atoms with van der Waals surface area (Å²) in [6.45, 7) is 0.154. The Morgan fingerprint density at radius 2 is 1.44 bits per heavy atom. The second-order valence-electron chi connectivity index (χ2n) is 9.16. The third kappa shape index (κ3) is 14.2. The Hall–Kier alpha value is -4.05. The van der Waals surface area contributed by atoms with Crippen molar-refractivity contribution in [1.82, 2.24) is 16.0 Å². The molecule has 0 aromatic heterocycles. The fourth-order valence-electron chi connectivity index (χ4n) is 3.58. The van der Waals surface area contributed by atoms with Crippen molar-refractivity contribution in [3.05, 3.63) is 29.8 Å². The van der Waals surface area contributed by atoms with Crippen molar-refractivity contribution in [2.24, 2.45) is 22.2 Å². The summed E-state index contributed by atoms with van der Waals surface area (Å²) in [5, 5.41) is 35.5. The molecular formula is C25H39N7O8S. The van der Waals surface area contributed by atoms with Crippen molar-refractivity contribution < 1.29 is 39.3 Å². The minimum absolute atomic E-state index is 0.00675. The molecule has 1 aromatic carbocycles. The quantitative estimate of drug-likeness (QED) is 0.0499. The Bertz CT molecular complexity index is 1070. The van der Waals surface area contributed by atoms with E-state index in [-0.39, 0.29) is 56.8 Å². The summed E-state index contributed by atoms with van der Waals surface area (Å²) < 4.78 is 0. The van der Waals surface area contributed by atoms with Crippen LogP contribution in [0.25, 0.3) is 0 Å². The smallest absolute Gasteiger partial charge is 0.326 e. The molecule has 15 nitrogen and oxygen atoms in total. The molecule has 0 aliphatic rings. The van der Waals surface area contributed by atoms with Crippen LogP contribution in [0.3, 0.4) is 0 Å². The van der Waals surface area contributed by atoms with Gasteiger partial charge >= 0.3 is 11.9 Å². The lowest BCUT2D eigenvalue weighted by atomic mass is 10.0. The molecule has 0 fully saturated rings. The monoisotopic (exact) mass is 597 g/mol. The summed E-state index contributed by atoms with van der Waals surface area (Å²) >= 11 is 1.41. The van der Waals surface area contributed by atoms with Gasteiger partial charge in [0.1, 0.15) is 23.9 Å². The van der Waals surface area contributed by atoms with E-state index in [9.17, 15) is 34.2 Å². The van der Waals surface area contributed by atoms with E-state index in [1.54, 1.807) is 6.26 Å². The zero-order valence-corrected chi connectivity index (χ0v) is 23.6. The number of carbonyl (C=O) groups excluding carboxylic acids is 3. The lowest BCUT2D eigenvalue weighted by Crippen LogP contribution is -2.57. The van der Waals surface area contributed by atoms with E-state index < -0.39 is 53.8 Å². The van der Waals surface area contributed by atoms with Gasteiger partial charge in [-0.15, -0.1) is 0 Å². The summed E-state index contributed by atoms with van der Waals surface area (Å²) in [6.07, 6.45) is 1.74. The van der Waals surface area contributed by atoms with E-state index in [1.165, 1.54) is 36.0 Å². The number of carboxylic acid groups (broad SMARTS) is 2. The number of aliphatic carboxylic acids is 2. The average molecular weight is 598 g/mol. The number of hydrogen-bond donors (Lipinski definition) is 9. The van der Waals surface area contributed by atoms with E-state index in [4.69, 9.17) is 22.3 Å². The molecule has 4 atom stereocenters. The Morgan fingerprint density at radius 3 is 1.98 bits per heavy atom. The first-order valence-electron chi connectivity index (χ1n) is 12.8. The van der Waals surface area contributed by atoms with Gasteiger partial charge in [0.2, 0.25) is 17.7 Å². The standard InChI is InChI=1S/C25H39N7O8S/c1-41-12-10-18(23(38)32-19(24(39)40)13-14-4-6-15(33)7-5-14)31-22(37)17(3-2-11-29-25(27)28)30-21(36)16(26)8-9-20(34)35/h4-7,16-19,33H,2-3,8-13,26H2,1H3,(H,30,36)(H,31,37)(H,32,38)(H,34,35)(H,39,40)(H4,27,28,29). The van der Waals surface area contributed by atoms with Gasteiger partial charge in [0, 0.05) is 19.4 Å². The Morgan fingerprint density at radius 1 is 0.878 bits per heavy atom. The molecule has 1 aromatic rings. The van der Waals surface area contributed by atoms with Gasteiger partial charge in [0.15, 0.2) is 5.96 Å². The van der Waals surface area contributed by atoms with Gasteiger partial charge in [0.25, 0.3) is 0 Å². The molecule has 16 heteroatoms. The van der Waals surface area contributed by atoms with Crippen LogP contribution in [0.15, 0.2) is 29.3 Å². The predicted molar refractivity (Wildman–Crippen MR) is 153 cm³/mol. The number of rotatable bonds is 19. The SMILES string of the molecule is CSCCC(NC(=O)C(CCCN=C(N)N)NC(=O)C(N)CCC(=O)O)C(=O)NC(Cc1ccc(O)cc1)C(=O)O. The van der Waals surface area contributed by atoms with Crippen molar-refractivity contribution in [3.63, 3.8) is 0 Å². The molecule has 1 rings (SSSR count). The van der Waals surface area contributed by atoms with Crippen LogP contribution in [0.4, 0.5) is 0 Å². The second-order valence-corrected chi connectivity index (χ2v) is 10.1. The number of carboxylic acids is 2. The van der Waals surface area contributed by atoms with Crippen LogP contribution in [0.1, 0.15) is 37.7 Å². The maximum atomic E-state index is 13.2. The molecular weight excluding hydrogens is 558 g/mol. The highest BCUT2D eigenvalue weighted by Crippen LogP contribution is 2.12. The van der Waals surface area contributed by atoms with Crippen LogP contribution in [-0.2, 0) is 30.4 Å². The van der Waals surface area contributed by atoms with E-state index >= 15 is 0 Å². The molecule has 0 saturated heterocycles. The number of aliphatic imine (C=N–C) groups is 1. The number of aromatic hydroxyl groups is 1. The van der Waals surface area contributed by atoms with Crippen LogP contribution in [0.2, 0.25) is 0 Å². The first kappa shape index (κ1) is 35.0. The highest BCUT2D eigenvalue weighted by molar-refractivity contribution is 7.98. The van der Waals surface area contributed by atoms with E-state index in [0.29, 0.717) is 11.3 Å². The number of nitrogens with zero attached hydrogens (tertiary/aromatic N) is 1. The number of guanidine groups is 1. The van der Waals surface area contributed by atoms with Crippen LogP contribution in [0, 0.1) is 0 Å². The maximum Gasteiger partial charge on any atom is 0.326 e. The molecule has 0 bridgehead atoms. The third-order valence-electron chi connectivity index (χ3n) is 5.82. The van der Waals surface area contributed by atoms with Crippen LogP contribution in [0.5, 0.6) is 5.75 Å². The van der Waals surface area contributed by atoms with Crippen molar-refractivity contribution in [1.29, 1.82) is 0 Å². The Balaban J connectivity index is 3.03. The minimum Gasteiger partial charge on any atom is -0.508 e. The molecule has 0 aliphatic carbocycles. The number of phenols is 1. The largest absolute Gasteiger partial charge is 0.508 e. The molecule has 0 heterocycles. The number of nitrogens with two attached hydrogens (primary N) is 3. The fourth-order valence-corrected chi connectivity index (χ4v) is 4.05. The number of phenolic OH excluding ortho intramolecular Hbond substituents is 1. The fraction of sp³-hybridized carbons (Fsp3) is 0.520. The normalized spacial score (nSPS) is 13.6. The molecule has 0 radical (unpaired) electrons. The van der Waals surface area contributed by atoms with Crippen molar-refractivity contribution in [2.75, 3.05) is 18.6 Å². The lowest BCUT2D eigenvalue weighted by Gasteiger charge is -2.25. The summed E-state index contributed by atoms with van der Waals surface area (Å²) in [7, 11) is 0. The zero-order chi connectivity index (χ0) is 30.9. The number of carbonyl (C=O) groups is 5. The topological polar surface area (TPSA) is 273 Å². The van der Waals surface area contributed by atoms with Gasteiger partial charge < -0.3 is 48.5 Å². The van der Waals surface area contributed by atoms with Gasteiger partial charge in [-0.05, 0) is 55.4 Å². The number of amides is 3. The molecule has 228 valence electrons. The molecule has 0 saturated carbocycles. The van der Waals surface area contributed by atoms with Gasteiger partial charge in [-0.1, -0.05) is 12.1 Å². The maximum absolute atomic E-state index is 13.2. The predicted octanol–water partition coefficient (Wildman–Crippen LogP) is -1.53. The summed E-state index contributed by atoms with van der Waals surface area (Å²) in [5.41, 5.74) is 17.0. The van der Waals surface area contributed by atoms with Crippen LogP contribution in [-0.4, -0.2) is 93.7 Å². The highest BCUT2D eigenvalue weighted by atomic mass is 32.2. The van der Waals surface area contributed by atoms with Crippen molar-refractivity contribution in [3.8, 4) is 5.75 Å². The van der Waals surface area contributed by atoms with Crippen LogP contribution < -0.4 is 33.2 Å². The number of thioether (sulfide) groups is 1. The molecule has 4 unspecified atom stereocenters. The second kappa shape index (κ2) is 18.3. The molecule has 12 N–H and O–H groups in total. The van der Waals surface area contributed by atoms with Gasteiger partial charge in [-0.2, -0.15) is 11.8 Å². The highest BCUT2D eigenvalue weighted by Gasteiger charge is 2.30. The van der Waals surface area contributed by atoms with Crippen molar-refractivity contribution in [2.45, 2.75) is 62.7 Å². The summed E-state index contributed by atoms with van der Waals surface area (Å²) in [5.74, 6) is -4.32. The molecule has 0 spiro atoms. The molecule has 3 amide bonds. The molecule has 0 aliphatic heterocycles. The number of benzene rings is 1. The van der Waals surface area contributed by atoms with E-state index in [1.807, 2.05) is 0 Å². The first-order chi connectivity index (χ1) is 19.3. The summed E-state index contributed by atoms with van der Waals surface area (Å²) in [6, 6.07) is 1.05.